The number of rotatable bonds is 4. The highest BCUT2D eigenvalue weighted by Gasteiger charge is 2.14. The van der Waals surface area contributed by atoms with Crippen LogP contribution in [0.15, 0.2) is 79.4 Å². The summed E-state index contributed by atoms with van der Waals surface area (Å²) in [6, 6.07) is 18.9. The zero-order valence-corrected chi connectivity index (χ0v) is 16.9. The maximum Gasteiger partial charge on any atom is 0.191 e. The van der Waals surface area contributed by atoms with Gasteiger partial charge in [-0.2, -0.15) is 0 Å². The highest BCUT2D eigenvalue weighted by molar-refractivity contribution is 6.05. The summed E-state index contributed by atoms with van der Waals surface area (Å²) in [7, 11) is 0. The topological polar surface area (TPSA) is 70.6 Å². The second-order valence-corrected chi connectivity index (χ2v) is 7.48. The van der Waals surface area contributed by atoms with Crippen molar-refractivity contribution in [2.24, 2.45) is 0 Å². The van der Waals surface area contributed by atoms with E-state index in [0.29, 0.717) is 0 Å². The van der Waals surface area contributed by atoms with Gasteiger partial charge in [-0.25, -0.2) is 9.97 Å². The maximum atomic E-state index is 4.59. The molecule has 0 spiro atoms. The van der Waals surface area contributed by atoms with Crippen LogP contribution in [-0.2, 0) is 6.42 Å². The summed E-state index contributed by atoms with van der Waals surface area (Å²) in [4.78, 5) is 14.7. The number of aromatic nitrogens is 4. The largest absolute Gasteiger partial charge is 0.371 e. The number of hydrogen-bond acceptors (Lipinski definition) is 2. The molecule has 2 aromatic heterocycles. The molecule has 4 N–H and O–H groups in total. The zero-order valence-electron chi connectivity index (χ0n) is 16.9. The molecular weight excluding hydrogens is 370 g/mol. The Morgan fingerprint density at radius 3 is 2.83 bits per heavy atom. The van der Waals surface area contributed by atoms with E-state index in [4.69, 9.17) is 0 Å². The zero-order chi connectivity index (χ0) is 20.3. The Hall–Kier alpha value is -3.86. The molecule has 0 atom stereocenters. The van der Waals surface area contributed by atoms with Gasteiger partial charge in [0.2, 0.25) is 0 Å². The SMILES string of the molecule is Cc1cc(NCCc2ccccc2)[nH]cc2c3cc[nH+]cc3[nH]c3ncccc3c1-2. The number of aryl methyl sites for hydroxylation is 1. The number of pyridine rings is 2. The molecule has 0 aliphatic carbocycles. The lowest BCUT2D eigenvalue weighted by molar-refractivity contribution is -0.376. The molecule has 0 unspecified atom stereocenters. The van der Waals surface area contributed by atoms with Gasteiger partial charge in [0.25, 0.3) is 0 Å². The fourth-order valence-corrected chi connectivity index (χ4v) is 4.03. The second kappa shape index (κ2) is 7.87. The van der Waals surface area contributed by atoms with Crippen molar-refractivity contribution in [2.75, 3.05) is 11.9 Å². The molecule has 0 saturated carbocycles. The van der Waals surface area contributed by atoms with Crippen molar-refractivity contribution in [3.63, 3.8) is 0 Å². The van der Waals surface area contributed by atoms with Crippen LogP contribution in [-0.4, -0.2) is 21.5 Å². The Labute approximate surface area is 174 Å². The molecule has 2 aliphatic rings. The highest BCUT2D eigenvalue weighted by atomic mass is 15.0. The van der Waals surface area contributed by atoms with Crippen LogP contribution in [0.4, 0.5) is 5.82 Å². The van der Waals surface area contributed by atoms with Crippen LogP contribution in [0.1, 0.15) is 11.1 Å². The van der Waals surface area contributed by atoms with Crippen molar-refractivity contribution in [1.29, 1.82) is 0 Å². The minimum absolute atomic E-state index is 0.861. The van der Waals surface area contributed by atoms with Gasteiger partial charge >= 0.3 is 0 Å². The van der Waals surface area contributed by atoms with Gasteiger partial charge in [0, 0.05) is 41.3 Å². The van der Waals surface area contributed by atoms with Crippen LogP contribution in [0.3, 0.4) is 0 Å². The Morgan fingerprint density at radius 1 is 1.03 bits per heavy atom. The first-order valence-electron chi connectivity index (χ1n) is 10.2. The van der Waals surface area contributed by atoms with Crippen LogP contribution in [0, 0.1) is 6.92 Å². The van der Waals surface area contributed by atoms with Crippen LogP contribution >= 0.6 is 0 Å². The first-order valence-corrected chi connectivity index (χ1v) is 10.2. The highest BCUT2D eigenvalue weighted by Crippen LogP contribution is 2.35. The molecule has 1 aromatic carbocycles. The molecule has 0 fully saturated rings. The fraction of sp³-hybridized carbons (Fsp3) is 0.120. The summed E-state index contributed by atoms with van der Waals surface area (Å²) >= 11 is 0. The first-order chi connectivity index (χ1) is 14.8. The van der Waals surface area contributed by atoms with E-state index in [1.807, 2.05) is 24.7 Å². The molecule has 148 valence electrons. The summed E-state index contributed by atoms with van der Waals surface area (Å²) in [5.41, 5.74) is 6.72. The Morgan fingerprint density at radius 2 is 1.93 bits per heavy atom. The molecule has 30 heavy (non-hydrogen) atoms. The number of H-pyrrole nitrogens is 3. The monoisotopic (exact) mass is 394 g/mol. The molecule has 2 aliphatic heterocycles. The van der Waals surface area contributed by atoms with Gasteiger partial charge in [-0.3, -0.25) is 0 Å². The van der Waals surface area contributed by atoms with E-state index in [1.54, 1.807) is 0 Å². The van der Waals surface area contributed by atoms with E-state index in [2.05, 4.69) is 86.9 Å². The minimum atomic E-state index is 0.861. The van der Waals surface area contributed by atoms with Crippen molar-refractivity contribution in [1.82, 2.24) is 15.0 Å². The summed E-state index contributed by atoms with van der Waals surface area (Å²) in [6.07, 6.45) is 8.82. The van der Waals surface area contributed by atoms with Crippen molar-refractivity contribution >= 4 is 27.8 Å². The normalized spacial score (nSPS) is 11.1. The number of nitrogens with zero attached hydrogens (tertiary/aromatic N) is 1. The molecule has 5 rings (SSSR count). The van der Waals surface area contributed by atoms with E-state index >= 15 is 0 Å². The van der Waals surface area contributed by atoms with Gasteiger partial charge in [-0.05, 0) is 48.2 Å². The van der Waals surface area contributed by atoms with Gasteiger partial charge < -0.3 is 15.3 Å². The lowest BCUT2D eigenvalue weighted by atomic mass is 9.99. The summed E-state index contributed by atoms with van der Waals surface area (Å²) in [6.45, 7) is 3.02. The van der Waals surface area contributed by atoms with Crippen molar-refractivity contribution in [3.05, 3.63) is 90.5 Å². The third-order valence-corrected chi connectivity index (χ3v) is 5.45. The fourth-order valence-electron chi connectivity index (χ4n) is 4.03. The quantitative estimate of drug-likeness (QED) is 0.399. The van der Waals surface area contributed by atoms with E-state index in [1.165, 1.54) is 16.7 Å². The summed E-state index contributed by atoms with van der Waals surface area (Å²) < 4.78 is 0. The maximum absolute atomic E-state index is 4.59. The molecular formula is C25H24N5+. The van der Waals surface area contributed by atoms with Gasteiger partial charge in [0.05, 0.1) is 0 Å². The van der Waals surface area contributed by atoms with Crippen LogP contribution < -0.4 is 10.3 Å². The van der Waals surface area contributed by atoms with Crippen molar-refractivity contribution < 1.29 is 4.98 Å². The molecule has 0 amide bonds. The van der Waals surface area contributed by atoms with E-state index in [0.717, 1.165) is 46.3 Å². The predicted octanol–water partition coefficient (Wildman–Crippen LogP) is 5.05. The smallest absolute Gasteiger partial charge is 0.191 e. The molecule has 3 aromatic rings. The lowest BCUT2D eigenvalue weighted by Gasteiger charge is -2.05. The molecule has 4 heterocycles. The number of anilines is 1. The molecule has 0 radical (unpaired) electrons. The summed E-state index contributed by atoms with van der Waals surface area (Å²) in [5.74, 6) is 0.999. The van der Waals surface area contributed by atoms with Crippen molar-refractivity contribution in [3.8, 4) is 11.1 Å². The predicted molar refractivity (Wildman–Crippen MR) is 122 cm³/mol. The number of aromatic amines is 3. The number of nitrogens with one attached hydrogen (secondary N) is 4. The Bertz CT molecular complexity index is 1330. The Balaban J connectivity index is 1.64. The van der Waals surface area contributed by atoms with Crippen molar-refractivity contribution in [2.45, 2.75) is 13.3 Å². The third-order valence-electron chi connectivity index (χ3n) is 5.45. The van der Waals surface area contributed by atoms with Crippen LogP contribution in [0.25, 0.3) is 33.1 Å². The van der Waals surface area contributed by atoms with Crippen LogP contribution in [0.2, 0.25) is 0 Å². The minimum Gasteiger partial charge on any atom is -0.371 e. The standard InChI is InChI=1S/C25H23N5/c1-17-14-23(27-13-9-18-6-3-2-4-7-18)29-15-21-19-10-12-26-16-22(19)30-25-20(24(17)21)8-5-11-28-25/h2-8,10-12,14-16,27,29H,9,13H2,1H3,(H,28,30)/p+1. The van der Waals surface area contributed by atoms with E-state index in [-0.39, 0.29) is 0 Å². The third kappa shape index (κ3) is 3.46. The van der Waals surface area contributed by atoms with Gasteiger partial charge in [0.15, 0.2) is 12.4 Å². The van der Waals surface area contributed by atoms with E-state index in [9.17, 15) is 0 Å². The van der Waals surface area contributed by atoms with Crippen LogP contribution in [0.5, 0.6) is 0 Å². The second-order valence-electron chi connectivity index (χ2n) is 7.48. The van der Waals surface area contributed by atoms with Gasteiger partial charge in [0.1, 0.15) is 17.0 Å². The first kappa shape index (κ1) is 18.2. The molecule has 0 bridgehead atoms. The summed E-state index contributed by atoms with van der Waals surface area (Å²) in [5, 5.41) is 5.78. The number of hydrogen-bond donors (Lipinski definition) is 3. The molecule has 5 heteroatoms. The van der Waals surface area contributed by atoms with Gasteiger partial charge in [-0.1, -0.05) is 30.3 Å². The van der Waals surface area contributed by atoms with E-state index < -0.39 is 0 Å². The average molecular weight is 395 g/mol. The van der Waals surface area contributed by atoms with Gasteiger partial charge in [-0.15, -0.1) is 0 Å². The Kier molecular flexibility index (Phi) is 4.77. The number of fused-ring (bicyclic) bond motifs is 5. The number of benzene rings is 1. The molecule has 5 nitrogen and oxygen atoms in total. The molecule has 0 saturated heterocycles. The lowest BCUT2D eigenvalue weighted by Crippen LogP contribution is -2.05. The average Bonchev–Trinajstić information content (AvgIpc) is 3.02.